The number of amides is 1. The van der Waals surface area contributed by atoms with Gasteiger partial charge in [-0.05, 0) is 18.1 Å². The van der Waals surface area contributed by atoms with Gasteiger partial charge in [0.25, 0.3) is 0 Å². The molecule has 2 nitrogen and oxygen atoms in total. The van der Waals surface area contributed by atoms with Crippen LogP contribution in [0, 0.1) is 0 Å². The highest BCUT2D eigenvalue weighted by Crippen LogP contribution is 2.31. The van der Waals surface area contributed by atoms with Crippen molar-refractivity contribution >= 4 is 5.91 Å². The zero-order valence-electron chi connectivity index (χ0n) is 9.76. The lowest BCUT2D eigenvalue weighted by Gasteiger charge is -2.27. The van der Waals surface area contributed by atoms with Crippen molar-refractivity contribution in [3.05, 3.63) is 71.8 Å². The Hall–Kier alpha value is -2.09. The Kier molecular flexibility index (Phi) is 2.96. The Bertz CT molecular complexity index is 465. The fourth-order valence-corrected chi connectivity index (χ4v) is 1.99. The second-order valence-corrected chi connectivity index (χ2v) is 4.22. The second-order valence-electron chi connectivity index (χ2n) is 4.22. The molecular weight excluding hydrogens is 210 g/mol. The molecule has 0 heterocycles. The van der Waals surface area contributed by atoms with E-state index in [1.54, 1.807) is 0 Å². The highest BCUT2D eigenvalue weighted by molar-refractivity contribution is 5.90. The van der Waals surface area contributed by atoms with Crippen molar-refractivity contribution in [2.75, 3.05) is 0 Å². The normalized spacial score (nSPS) is 11.1. The van der Waals surface area contributed by atoms with E-state index in [2.05, 4.69) is 0 Å². The summed E-state index contributed by atoms with van der Waals surface area (Å²) in [6.45, 7) is 1.86. The van der Waals surface area contributed by atoms with Gasteiger partial charge >= 0.3 is 0 Å². The Labute approximate surface area is 101 Å². The van der Waals surface area contributed by atoms with Gasteiger partial charge in [-0.1, -0.05) is 60.7 Å². The summed E-state index contributed by atoms with van der Waals surface area (Å²) in [5, 5.41) is 0. The predicted molar refractivity (Wildman–Crippen MR) is 68.5 cm³/mol. The largest absolute Gasteiger partial charge is 0.369 e. The van der Waals surface area contributed by atoms with E-state index in [0.29, 0.717) is 0 Å². The van der Waals surface area contributed by atoms with Crippen LogP contribution >= 0.6 is 0 Å². The van der Waals surface area contributed by atoms with Gasteiger partial charge in [0, 0.05) is 0 Å². The molecule has 0 saturated carbocycles. The molecule has 86 valence electrons. The minimum Gasteiger partial charge on any atom is -0.369 e. The molecule has 0 aliphatic heterocycles. The summed E-state index contributed by atoms with van der Waals surface area (Å²) in [6.07, 6.45) is 0. The summed E-state index contributed by atoms with van der Waals surface area (Å²) in [5.41, 5.74) is 6.65. The van der Waals surface area contributed by atoms with E-state index in [0.717, 1.165) is 11.1 Å². The number of hydrogen-bond acceptors (Lipinski definition) is 1. The Morgan fingerprint density at radius 2 is 1.24 bits per heavy atom. The van der Waals surface area contributed by atoms with Gasteiger partial charge in [-0.25, -0.2) is 0 Å². The van der Waals surface area contributed by atoms with Crippen LogP contribution in [0.4, 0.5) is 0 Å². The van der Waals surface area contributed by atoms with Crippen LogP contribution in [0.15, 0.2) is 60.7 Å². The maximum atomic E-state index is 11.8. The third-order valence-electron chi connectivity index (χ3n) is 3.20. The van der Waals surface area contributed by atoms with Gasteiger partial charge in [-0.15, -0.1) is 0 Å². The number of primary amides is 1. The number of carbonyl (C=O) groups excluding carboxylic acids is 1. The molecule has 1 amide bonds. The lowest BCUT2D eigenvalue weighted by atomic mass is 9.76. The number of nitrogens with two attached hydrogens (primary N) is 1. The van der Waals surface area contributed by atoms with Crippen LogP contribution in [0.5, 0.6) is 0 Å². The van der Waals surface area contributed by atoms with E-state index in [1.807, 2.05) is 67.6 Å². The van der Waals surface area contributed by atoms with E-state index < -0.39 is 5.41 Å². The molecule has 2 aromatic carbocycles. The summed E-state index contributed by atoms with van der Waals surface area (Å²) in [5.74, 6) is -0.338. The number of benzene rings is 2. The second kappa shape index (κ2) is 4.42. The highest BCUT2D eigenvalue weighted by atomic mass is 16.1. The van der Waals surface area contributed by atoms with Crippen LogP contribution in [-0.4, -0.2) is 5.91 Å². The zero-order chi connectivity index (χ0) is 12.3. The first-order chi connectivity index (χ1) is 8.15. The van der Waals surface area contributed by atoms with Crippen LogP contribution in [0.3, 0.4) is 0 Å². The van der Waals surface area contributed by atoms with Crippen LogP contribution in [-0.2, 0) is 10.2 Å². The molecule has 2 aromatic rings. The van der Waals surface area contributed by atoms with Crippen molar-refractivity contribution in [1.82, 2.24) is 0 Å². The van der Waals surface area contributed by atoms with Crippen LogP contribution in [0.25, 0.3) is 0 Å². The predicted octanol–water partition coefficient (Wildman–Crippen LogP) is 2.48. The summed E-state index contributed by atoms with van der Waals surface area (Å²) in [4.78, 5) is 11.8. The first kappa shape index (κ1) is 11.4. The molecule has 0 bridgehead atoms. The van der Waals surface area contributed by atoms with Gasteiger partial charge in [0.15, 0.2) is 0 Å². The number of hydrogen-bond donors (Lipinski definition) is 1. The van der Waals surface area contributed by atoms with E-state index in [9.17, 15) is 4.79 Å². The molecule has 0 radical (unpaired) electrons. The zero-order valence-corrected chi connectivity index (χ0v) is 9.76. The van der Waals surface area contributed by atoms with E-state index in [1.165, 1.54) is 0 Å². The Morgan fingerprint density at radius 1 is 0.882 bits per heavy atom. The molecule has 2 rings (SSSR count). The summed E-state index contributed by atoms with van der Waals surface area (Å²) >= 11 is 0. The topological polar surface area (TPSA) is 43.1 Å². The fraction of sp³-hybridized carbons (Fsp3) is 0.133. The molecule has 0 saturated heterocycles. The molecule has 2 N–H and O–H groups in total. The molecule has 0 spiro atoms. The average Bonchev–Trinajstić information content (AvgIpc) is 2.39. The van der Waals surface area contributed by atoms with Crippen LogP contribution in [0.1, 0.15) is 18.1 Å². The minimum absolute atomic E-state index is 0.338. The fourth-order valence-electron chi connectivity index (χ4n) is 1.99. The lowest BCUT2D eigenvalue weighted by molar-refractivity contribution is -0.121. The van der Waals surface area contributed by atoms with Crippen LogP contribution in [0.2, 0.25) is 0 Å². The maximum Gasteiger partial charge on any atom is 0.232 e. The van der Waals surface area contributed by atoms with E-state index in [4.69, 9.17) is 5.73 Å². The van der Waals surface area contributed by atoms with Crippen molar-refractivity contribution in [1.29, 1.82) is 0 Å². The summed E-state index contributed by atoms with van der Waals surface area (Å²) in [7, 11) is 0. The van der Waals surface area contributed by atoms with Gasteiger partial charge in [0.2, 0.25) is 5.91 Å². The Balaban J connectivity index is 2.59. The van der Waals surface area contributed by atoms with Crippen molar-refractivity contribution < 1.29 is 4.79 Å². The molecule has 0 fully saturated rings. The molecule has 0 atom stereocenters. The van der Waals surface area contributed by atoms with Gasteiger partial charge in [-0.3, -0.25) is 4.79 Å². The van der Waals surface area contributed by atoms with Crippen molar-refractivity contribution in [3.8, 4) is 0 Å². The molecule has 17 heavy (non-hydrogen) atoms. The first-order valence-electron chi connectivity index (χ1n) is 5.56. The lowest BCUT2D eigenvalue weighted by Crippen LogP contribution is -2.39. The molecule has 0 aromatic heterocycles. The standard InChI is InChI=1S/C15H15NO/c1-15(14(16)17,12-8-4-2-5-9-12)13-10-6-3-7-11-13/h2-11H,1H3,(H2,16,17). The van der Waals surface area contributed by atoms with Crippen molar-refractivity contribution in [3.63, 3.8) is 0 Å². The quantitative estimate of drug-likeness (QED) is 0.856. The molecule has 0 aliphatic rings. The van der Waals surface area contributed by atoms with Gasteiger partial charge in [0.1, 0.15) is 0 Å². The maximum absolute atomic E-state index is 11.8. The molecular formula is C15H15NO. The number of carbonyl (C=O) groups is 1. The van der Waals surface area contributed by atoms with E-state index >= 15 is 0 Å². The molecule has 0 unspecified atom stereocenters. The minimum atomic E-state index is -0.775. The van der Waals surface area contributed by atoms with E-state index in [-0.39, 0.29) is 5.91 Å². The van der Waals surface area contributed by atoms with Crippen molar-refractivity contribution in [2.45, 2.75) is 12.3 Å². The van der Waals surface area contributed by atoms with Gasteiger partial charge in [-0.2, -0.15) is 0 Å². The molecule has 2 heteroatoms. The Morgan fingerprint density at radius 3 is 1.53 bits per heavy atom. The summed E-state index contributed by atoms with van der Waals surface area (Å²) in [6, 6.07) is 19.2. The average molecular weight is 225 g/mol. The number of rotatable bonds is 3. The monoisotopic (exact) mass is 225 g/mol. The highest BCUT2D eigenvalue weighted by Gasteiger charge is 2.34. The third kappa shape index (κ3) is 1.94. The van der Waals surface area contributed by atoms with Gasteiger partial charge < -0.3 is 5.73 Å². The SMILES string of the molecule is CC(C(N)=O)(c1ccccc1)c1ccccc1. The van der Waals surface area contributed by atoms with Crippen LogP contribution < -0.4 is 5.73 Å². The first-order valence-corrected chi connectivity index (χ1v) is 5.56. The van der Waals surface area contributed by atoms with Gasteiger partial charge in [0.05, 0.1) is 5.41 Å². The van der Waals surface area contributed by atoms with Crippen molar-refractivity contribution in [2.24, 2.45) is 5.73 Å². The smallest absolute Gasteiger partial charge is 0.232 e. The third-order valence-corrected chi connectivity index (χ3v) is 3.20. The summed E-state index contributed by atoms with van der Waals surface area (Å²) < 4.78 is 0. The molecule has 0 aliphatic carbocycles.